The topological polar surface area (TPSA) is 48.9 Å². The van der Waals surface area contributed by atoms with Gasteiger partial charge in [0.25, 0.3) is 0 Å². The van der Waals surface area contributed by atoms with Crippen molar-refractivity contribution < 1.29 is 5.11 Å². The Labute approximate surface area is 80.1 Å². The van der Waals surface area contributed by atoms with Gasteiger partial charge in [0.05, 0.1) is 0 Å². The van der Waals surface area contributed by atoms with Crippen molar-refractivity contribution in [3.05, 3.63) is 40.1 Å². The van der Waals surface area contributed by atoms with Crippen LogP contribution in [0.4, 0.5) is 0 Å². The molecule has 2 aromatic heterocycles. The van der Waals surface area contributed by atoms with Crippen LogP contribution in [0.1, 0.15) is 21.7 Å². The Bertz CT molecular complexity index is 380. The van der Waals surface area contributed by atoms with E-state index in [0.29, 0.717) is 5.82 Å². The van der Waals surface area contributed by atoms with Crippen molar-refractivity contribution in [1.82, 2.24) is 9.97 Å². The molecule has 0 radical (unpaired) electrons. The Hall–Kier alpha value is -1.13. The molecule has 2 aromatic rings. The third kappa shape index (κ3) is 1.64. The summed E-state index contributed by atoms with van der Waals surface area (Å²) in [6.07, 6.45) is 2.73. The van der Waals surface area contributed by atoms with Crippen LogP contribution in [0.25, 0.3) is 0 Å². The van der Waals surface area contributed by atoms with Crippen LogP contribution in [-0.2, 0) is 0 Å². The van der Waals surface area contributed by atoms with Crippen LogP contribution in [0.15, 0.2) is 24.5 Å². The summed E-state index contributed by atoms with van der Waals surface area (Å²) in [4.78, 5) is 9.01. The third-order valence-electron chi connectivity index (χ3n) is 1.81. The van der Waals surface area contributed by atoms with E-state index in [1.54, 1.807) is 23.7 Å². The smallest absolute Gasteiger partial charge is 0.146 e. The number of nitrogens with zero attached hydrogens (tertiary/aromatic N) is 1. The van der Waals surface area contributed by atoms with Gasteiger partial charge in [0.1, 0.15) is 11.9 Å². The first kappa shape index (κ1) is 8.47. The fourth-order valence-electron chi connectivity index (χ4n) is 1.16. The summed E-state index contributed by atoms with van der Waals surface area (Å²) in [6, 6.07) is 3.92. The number of thiophene rings is 1. The molecule has 4 heteroatoms. The van der Waals surface area contributed by atoms with Gasteiger partial charge in [-0.05, 0) is 19.1 Å². The van der Waals surface area contributed by atoms with Gasteiger partial charge in [-0.3, -0.25) is 0 Å². The summed E-state index contributed by atoms with van der Waals surface area (Å²) in [5.41, 5.74) is 0. The average molecular weight is 194 g/mol. The summed E-state index contributed by atoms with van der Waals surface area (Å²) < 4.78 is 0. The van der Waals surface area contributed by atoms with Crippen molar-refractivity contribution in [2.24, 2.45) is 0 Å². The Morgan fingerprint density at radius 2 is 2.38 bits per heavy atom. The Kier molecular flexibility index (Phi) is 2.16. The number of hydrogen-bond acceptors (Lipinski definition) is 3. The zero-order chi connectivity index (χ0) is 9.26. The minimum Gasteiger partial charge on any atom is -0.380 e. The molecular formula is C9H10N2OS. The highest BCUT2D eigenvalue weighted by Crippen LogP contribution is 2.25. The molecule has 2 rings (SSSR count). The normalized spacial score (nSPS) is 13.1. The van der Waals surface area contributed by atoms with Crippen molar-refractivity contribution in [1.29, 1.82) is 0 Å². The zero-order valence-corrected chi connectivity index (χ0v) is 8.01. The molecule has 0 saturated carbocycles. The number of aryl methyl sites for hydroxylation is 1. The average Bonchev–Trinajstić information content (AvgIpc) is 2.72. The molecule has 68 valence electrons. The van der Waals surface area contributed by atoms with E-state index in [-0.39, 0.29) is 0 Å². The van der Waals surface area contributed by atoms with Crippen molar-refractivity contribution >= 4 is 11.3 Å². The molecule has 0 aliphatic carbocycles. The third-order valence-corrected chi connectivity index (χ3v) is 2.86. The number of aliphatic hydroxyl groups is 1. The molecule has 1 unspecified atom stereocenters. The monoisotopic (exact) mass is 194 g/mol. The second kappa shape index (κ2) is 3.32. The lowest BCUT2D eigenvalue weighted by Gasteiger charge is -2.03. The molecule has 1 atom stereocenters. The molecule has 0 aliphatic rings. The minimum atomic E-state index is -0.617. The number of nitrogens with one attached hydrogen (secondary N) is 1. The first-order chi connectivity index (χ1) is 6.27. The number of H-pyrrole nitrogens is 1. The summed E-state index contributed by atoms with van der Waals surface area (Å²) in [7, 11) is 0. The molecule has 3 nitrogen and oxygen atoms in total. The fourth-order valence-corrected chi connectivity index (χ4v) is 2.03. The molecule has 0 aromatic carbocycles. The molecule has 0 spiro atoms. The highest BCUT2D eigenvalue weighted by atomic mass is 32.1. The molecular weight excluding hydrogens is 184 g/mol. The largest absolute Gasteiger partial charge is 0.380 e. The van der Waals surface area contributed by atoms with Gasteiger partial charge in [-0.15, -0.1) is 11.3 Å². The SMILES string of the molecule is Cc1ccc(C(O)c2ncc[nH]2)s1. The van der Waals surface area contributed by atoms with Crippen LogP contribution in [0.5, 0.6) is 0 Å². The van der Waals surface area contributed by atoms with E-state index in [9.17, 15) is 5.11 Å². The van der Waals surface area contributed by atoms with Crippen LogP contribution in [0.3, 0.4) is 0 Å². The summed E-state index contributed by atoms with van der Waals surface area (Å²) in [5, 5.41) is 9.81. The quantitative estimate of drug-likeness (QED) is 0.766. The number of rotatable bonds is 2. The second-order valence-corrected chi connectivity index (χ2v) is 4.14. The van der Waals surface area contributed by atoms with E-state index in [1.165, 1.54) is 4.88 Å². The van der Waals surface area contributed by atoms with Crippen LogP contribution < -0.4 is 0 Å². The van der Waals surface area contributed by atoms with Crippen molar-refractivity contribution in [3.8, 4) is 0 Å². The second-order valence-electron chi connectivity index (χ2n) is 2.83. The molecule has 2 heterocycles. The number of imidazole rings is 1. The maximum absolute atomic E-state index is 9.81. The number of aromatic nitrogens is 2. The van der Waals surface area contributed by atoms with E-state index in [4.69, 9.17) is 0 Å². The summed E-state index contributed by atoms with van der Waals surface area (Å²) in [5.74, 6) is 0.599. The van der Waals surface area contributed by atoms with Gasteiger partial charge < -0.3 is 10.1 Å². The van der Waals surface area contributed by atoms with Gasteiger partial charge in [-0.25, -0.2) is 4.98 Å². The van der Waals surface area contributed by atoms with E-state index < -0.39 is 6.10 Å². The van der Waals surface area contributed by atoms with E-state index in [2.05, 4.69) is 9.97 Å². The number of aliphatic hydroxyl groups excluding tert-OH is 1. The first-order valence-electron chi connectivity index (χ1n) is 4.01. The van der Waals surface area contributed by atoms with E-state index >= 15 is 0 Å². The lowest BCUT2D eigenvalue weighted by Crippen LogP contribution is -1.98. The number of aromatic amines is 1. The van der Waals surface area contributed by atoms with Crippen LogP contribution in [0.2, 0.25) is 0 Å². The van der Waals surface area contributed by atoms with Crippen LogP contribution >= 0.6 is 11.3 Å². The van der Waals surface area contributed by atoms with Crippen molar-refractivity contribution in [2.75, 3.05) is 0 Å². The summed E-state index contributed by atoms with van der Waals surface area (Å²) in [6.45, 7) is 2.02. The molecule has 0 saturated heterocycles. The Balaban J connectivity index is 2.28. The van der Waals surface area contributed by atoms with Gasteiger partial charge in [0.15, 0.2) is 0 Å². The Morgan fingerprint density at radius 3 is 2.92 bits per heavy atom. The molecule has 0 aliphatic heterocycles. The molecule has 0 bridgehead atoms. The van der Waals surface area contributed by atoms with E-state index in [1.807, 2.05) is 19.1 Å². The van der Waals surface area contributed by atoms with E-state index in [0.717, 1.165) is 4.88 Å². The minimum absolute atomic E-state index is 0.599. The van der Waals surface area contributed by atoms with Crippen LogP contribution in [-0.4, -0.2) is 15.1 Å². The molecule has 2 N–H and O–H groups in total. The van der Waals surface area contributed by atoms with Gasteiger partial charge in [0.2, 0.25) is 0 Å². The highest BCUT2D eigenvalue weighted by Gasteiger charge is 2.13. The zero-order valence-electron chi connectivity index (χ0n) is 7.19. The lowest BCUT2D eigenvalue weighted by atomic mass is 10.3. The van der Waals surface area contributed by atoms with Crippen molar-refractivity contribution in [3.63, 3.8) is 0 Å². The predicted octanol–water partition coefficient (Wildman–Crippen LogP) is 1.86. The molecule has 0 amide bonds. The predicted molar refractivity (Wildman–Crippen MR) is 51.7 cm³/mol. The maximum atomic E-state index is 9.81. The fraction of sp³-hybridized carbons (Fsp3) is 0.222. The molecule has 0 fully saturated rings. The van der Waals surface area contributed by atoms with Crippen LogP contribution in [0, 0.1) is 6.92 Å². The van der Waals surface area contributed by atoms with Gasteiger partial charge in [-0.1, -0.05) is 0 Å². The lowest BCUT2D eigenvalue weighted by molar-refractivity contribution is 0.215. The van der Waals surface area contributed by atoms with Gasteiger partial charge >= 0.3 is 0 Å². The Morgan fingerprint density at radius 1 is 1.54 bits per heavy atom. The highest BCUT2D eigenvalue weighted by molar-refractivity contribution is 7.12. The van der Waals surface area contributed by atoms with Crippen molar-refractivity contribution in [2.45, 2.75) is 13.0 Å². The number of hydrogen-bond donors (Lipinski definition) is 2. The first-order valence-corrected chi connectivity index (χ1v) is 4.82. The standard InChI is InChI=1S/C9H10N2OS/c1-6-2-3-7(13-6)8(12)9-10-4-5-11-9/h2-5,8,12H,1H3,(H,10,11). The summed E-state index contributed by atoms with van der Waals surface area (Å²) >= 11 is 1.58. The molecule has 13 heavy (non-hydrogen) atoms. The maximum Gasteiger partial charge on any atom is 0.146 e. The van der Waals surface area contributed by atoms with Gasteiger partial charge in [-0.2, -0.15) is 0 Å². The van der Waals surface area contributed by atoms with Gasteiger partial charge in [0, 0.05) is 22.1 Å².